The Morgan fingerprint density at radius 3 is 2.85 bits per heavy atom. The van der Waals surface area contributed by atoms with Crippen molar-refractivity contribution in [3.8, 4) is 0 Å². The third-order valence-corrected chi connectivity index (χ3v) is 3.66. The highest BCUT2D eigenvalue weighted by Crippen LogP contribution is 2.28. The summed E-state index contributed by atoms with van der Waals surface area (Å²) in [5, 5.41) is 0.209. The topological polar surface area (TPSA) is 51.3 Å². The van der Waals surface area contributed by atoms with Crippen LogP contribution in [0.25, 0.3) is 11.0 Å². The lowest BCUT2D eigenvalue weighted by molar-refractivity contribution is 0.0962. The van der Waals surface area contributed by atoms with E-state index in [2.05, 4.69) is 4.98 Å². The molecule has 1 aliphatic heterocycles. The van der Waals surface area contributed by atoms with Gasteiger partial charge >= 0.3 is 0 Å². The zero-order valence-corrected chi connectivity index (χ0v) is 11.2. The van der Waals surface area contributed by atoms with Gasteiger partial charge in [-0.3, -0.25) is 9.69 Å². The molecule has 0 radical (unpaired) electrons. The lowest BCUT2D eigenvalue weighted by Crippen LogP contribution is -2.29. The number of anilines is 1. The van der Waals surface area contributed by atoms with Crippen LogP contribution in [0.1, 0.15) is 10.6 Å². The van der Waals surface area contributed by atoms with E-state index in [1.54, 1.807) is 17.0 Å². The lowest BCUT2D eigenvalue weighted by Gasteiger charge is -2.11. The van der Waals surface area contributed by atoms with Crippen molar-refractivity contribution in [1.29, 1.82) is 0 Å². The zero-order chi connectivity index (χ0) is 13.7. The Bertz CT molecular complexity index is 821. The minimum Gasteiger partial charge on any atom is -0.440 e. The molecule has 20 heavy (non-hydrogen) atoms. The fourth-order valence-electron chi connectivity index (χ4n) is 2.54. The van der Waals surface area contributed by atoms with Gasteiger partial charge in [0.05, 0.1) is 11.0 Å². The van der Waals surface area contributed by atoms with Gasteiger partial charge < -0.3 is 8.98 Å². The van der Waals surface area contributed by atoms with Crippen molar-refractivity contribution in [2.45, 2.75) is 6.54 Å². The Kier molecular flexibility index (Phi) is 2.37. The summed E-state index contributed by atoms with van der Waals surface area (Å²) in [5.74, 6) is 0.671. The van der Waals surface area contributed by atoms with Crippen LogP contribution in [-0.4, -0.2) is 22.0 Å². The second-order valence-electron chi connectivity index (χ2n) is 4.61. The molecule has 0 saturated carbocycles. The molecule has 2 aromatic heterocycles. The Hall–Kier alpha value is -2.27. The molecule has 1 aliphatic rings. The highest BCUT2D eigenvalue weighted by atomic mass is 35.5. The minimum absolute atomic E-state index is 0.209. The first kappa shape index (κ1) is 11.5. The van der Waals surface area contributed by atoms with Gasteiger partial charge in [0.25, 0.3) is 5.91 Å². The van der Waals surface area contributed by atoms with Gasteiger partial charge in [-0.15, -0.1) is 0 Å². The second-order valence-corrected chi connectivity index (χ2v) is 4.99. The fourth-order valence-corrected chi connectivity index (χ4v) is 2.69. The van der Waals surface area contributed by atoms with Crippen LogP contribution in [0.3, 0.4) is 0 Å². The first-order valence-corrected chi connectivity index (χ1v) is 6.64. The van der Waals surface area contributed by atoms with Crippen LogP contribution in [0.15, 0.2) is 40.8 Å². The normalized spacial score (nSPS) is 13.9. The summed E-state index contributed by atoms with van der Waals surface area (Å²) in [7, 11) is 0. The van der Waals surface area contributed by atoms with E-state index in [9.17, 15) is 4.79 Å². The molecule has 0 saturated heterocycles. The molecule has 4 rings (SSSR count). The quantitative estimate of drug-likeness (QED) is 0.691. The van der Waals surface area contributed by atoms with Gasteiger partial charge in [0, 0.05) is 13.1 Å². The van der Waals surface area contributed by atoms with Crippen LogP contribution in [-0.2, 0) is 6.54 Å². The molecule has 0 unspecified atom stereocenters. The third-order valence-electron chi connectivity index (χ3n) is 3.45. The molecular weight excluding hydrogens is 278 g/mol. The first-order valence-electron chi connectivity index (χ1n) is 6.26. The van der Waals surface area contributed by atoms with Crippen LogP contribution < -0.4 is 4.90 Å². The van der Waals surface area contributed by atoms with Crippen molar-refractivity contribution in [2.75, 3.05) is 11.4 Å². The molecular formula is C14H10ClN3O2. The molecule has 0 bridgehead atoms. The van der Waals surface area contributed by atoms with Crippen LogP contribution in [0.5, 0.6) is 0 Å². The second kappa shape index (κ2) is 4.11. The molecule has 0 aliphatic carbocycles. The van der Waals surface area contributed by atoms with Crippen molar-refractivity contribution >= 4 is 34.5 Å². The number of imidazole rings is 1. The number of rotatable bonds is 1. The van der Waals surface area contributed by atoms with Gasteiger partial charge in [-0.1, -0.05) is 12.1 Å². The highest BCUT2D eigenvalue weighted by Gasteiger charge is 2.30. The van der Waals surface area contributed by atoms with E-state index >= 15 is 0 Å². The van der Waals surface area contributed by atoms with Gasteiger partial charge in [-0.25, -0.2) is 4.98 Å². The molecule has 3 heterocycles. The molecule has 1 amide bonds. The summed E-state index contributed by atoms with van der Waals surface area (Å²) in [5.41, 5.74) is 1.92. The predicted octanol–water partition coefficient (Wildman–Crippen LogP) is 2.94. The summed E-state index contributed by atoms with van der Waals surface area (Å²) in [6, 6.07) is 11.0. The smallest absolute Gasteiger partial charge is 0.296 e. The van der Waals surface area contributed by atoms with Crippen molar-refractivity contribution in [3.05, 3.63) is 47.4 Å². The molecule has 0 N–H and O–H groups in total. The molecule has 5 nitrogen and oxygen atoms in total. The van der Waals surface area contributed by atoms with Gasteiger partial charge in [0.1, 0.15) is 0 Å². The van der Waals surface area contributed by atoms with Crippen molar-refractivity contribution < 1.29 is 9.21 Å². The standard InChI is InChI=1S/C14H10ClN3O2/c15-12-6-5-11(20-12)13(19)18-8-7-17-10-4-2-1-3-9(10)16-14(17)18/h1-6H,7-8H2. The SMILES string of the molecule is O=C(c1ccc(Cl)o1)N1CCn2c1nc1ccccc12. The molecule has 3 aromatic rings. The van der Waals surface area contributed by atoms with Crippen LogP contribution in [0.2, 0.25) is 5.22 Å². The Labute approximate surface area is 119 Å². The number of nitrogens with zero attached hydrogens (tertiary/aromatic N) is 3. The number of fused-ring (bicyclic) bond motifs is 3. The Morgan fingerprint density at radius 2 is 2.05 bits per heavy atom. The number of halogens is 1. The van der Waals surface area contributed by atoms with E-state index < -0.39 is 0 Å². The van der Waals surface area contributed by atoms with Gasteiger partial charge in [-0.2, -0.15) is 0 Å². The maximum atomic E-state index is 12.4. The summed E-state index contributed by atoms with van der Waals surface area (Å²) in [6.45, 7) is 1.32. The first-order chi connectivity index (χ1) is 9.74. The molecule has 0 atom stereocenters. The number of carbonyl (C=O) groups is 1. The number of benzene rings is 1. The van der Waals surface area contributed by atoms with Crippen LogP contribution in [0.4, 0.5) is 5.95 Å². The summed E-state index contributed by atoms with van der Waals surface area (Å²) in [6.07, 6.45) is 0. The average Bonchev–Trinajstić information content (AvgIpc) is 3.12. The molecule has 1 aromatic carbocycles. The highest BCUT2D eigenvalue weighted by molar-refractivity contribution is 6.29. The fraction of sp³-hybridized carbons (Fsp3) is 0.143. The van der Waals surface area contributed by atoms with Crippen molar-refractivity contribution in [2.24, 2.45) is 0 Å². The van der Waals surface area contributed by atoms with Gasteiger partial charge in [0.15, 0.2) is 11.0 Å². The lowest BCUT2D eigenvalue weighted by atomic mass is 10.3. The largest absolute Gasteiger partial charge is 0.440 e. The molecule has 0 spiro atoms. The number of aromatic nitrogens is 2. The average molecular weight is 288 g/mol. The Balaban J connectivity index is 1.79. The van der Waals surface area contributed by atoms with E-state index in [0.717, 1.165) is 17.6 Å². The van der Waals surface area contributed by atoms with Crippen molar-refractivity contribution in [3.63, 3.8) is 0 Å². The number of amides is 1. The number of hydrogen-bond donors (Lipinski definition) is 0. The monoisotopic (exact) mass is 287 g/mol. The van der Waals surface area contributed by atoms with Crippen LogP contribution in [0, 0.1) is 0 Å². The third kappa shape index (κ3) is 1.56. The summed E-state index contributed by atoms with van der Waals surface area (Å²) >= 11 is 5.72. The van der Waals surface area contributed by atoms with Gasteiger partial charge in [-0.05, 0) is 35.9 Å². The molecule has 6 heteroatoms. The van der Waals surface area contributed by atoms with E-state index in [1.807, 2.05) is 28.8 Å². The summed E-state index contributed by atoms with van der Waals surface area (Å²) in [4.78, 5) is 18.6. The van der Waals surface area contributed by atoms with Gasteiger partial charge in [0.2, 0.25) is 5.95 Å². The van der Waals surface area contributed by atoms with E-state index in [1.165, 1.54) is 0 Å². The minimum atomic E-state index is -0.217. The molecule has 0 fully saturated rings. The molecule has 100 valence electrons. The maximum Gasteiger partial charge on any atom is 0.296 e. The predicted molar refractivity (Wildman–Crippen MR) is 75.1 cm³/mol. The van der Waals surface area contributed by atoms with E-state index in [4.69, 9.17) is 16.0 Å². The Morgan fingerprint density at radius 1 is 1.20 bits per heavy atom. The number of furan rings is 1. The summed E-state index contributed by atoms with van der Waals surface area (Å²) < 4.78 is 7.22. The number of carbonyl (C=O) groups excluding carboxylic acids is 1. The number of hydrogen-bond acceptors (Lipinski definition) is 3. The van der Waals surface area contributed by atoms with Crippen LogP contribution >= 0.6 is 11.6 Å². The maximum absolute atomic E-state index is 12.4. The van der Waals surface area contributed by atoms with Crippen molar-refractivity contribution in [1.82, 2.24) is 9.55 Å². The van der Waals surface area contributed by atoms with E-state index in [0.29, 0.717) is 12.5 Å². The number of para-hydroxylation sites is 2. The zero-order valence-electron chi connectivity index (χ0n) is 10.4. The van der Waals surface area contributed by atoms with E-state index in [-0.39, 0.29) is 16.9 Å².